The Morgan fingerprint density at radius 3 is 2.60 bits per heavy atom. The number of benzene rings is 1. The molecule has 0 amide bonds. The van der Waals surface area contributed by atoms with E-state index < -0.39 is 11.6 Å². The van der Waals surface area contributed by atoms with Crippen molar-refractivity contribution in [3.8, 4) is 6.07 Å². The van der Waals surface area contributed by atoms with Crippen LogP contribution in [0.2, 0.25) is 0 Å². The summed E-state index contributed by atoms with van der Waals surface area (Å²) in [5.74, 6) is 0.613. The number of hydrogen-bond acceptors (Lipinski definition) is 6. The van der Waals surface area contributed by atoms with Gasteiger partial charge in [-0.15, -0.1) is 11.3 Å². The molecule has 3 aliphatic rings. The number of nitriles is 1. The van der Waals surface area contributed by atoms with Crippen molar-refractivity contribution in [2.75, 3.05) is 26.7 Å². The molecule has 2 fully saturated rings. The number of rotatable bonds is 14. The molecule has 3 heterocycles. The average Bonchev–Trinajstić information content (AvgIpc) is 3.79. The molecule has 5 atom stereocenters. The van der Waals surface area contributed by atoms with Crippen molar-refractivity contribution in [2.24, 2.45) is 22.7 Å². The number of nitrogens with zero attached hydrogens (tertiary/aromatic N) is 4. The van der Waals surface area contributed by atoms with E-state index in [-0.39, 0.29) is 39.7 Å². The number of hydrogen-bond donors (Lipinski definition) is 0. The predicted octanol–water partition coefficient (Wildman–Crippen LogP) is 12.1. The van der Waals surface area contributed by atoms with Crippen LogP contribution in [0.5, 0.6) is 0 Å². The highest BCUT2D eigenvalue weighted by molar-refractivity contribution is 7.19. The molecule has 2 aliphatic heterocycles. The first kappa shape index (κ1) is 40.2. The summed E-state index contributed by atoms with van der Waals surface area (Å²) in [5, 5.41) is 10.8. The molecule has 52 heavy (non-hydrogen) atoms. The number of fused-ring (bicyclic) bond motifs is 2. The highest BCUT2D eigenvalue weighted by Crippen LogP contribution is 2.47. The van der Waals surface area contributed by atoms with Gasteiger partial charge < -0.3 is 9.64 Å². The summed E-state index contributed by atoms with van der Waals surface area (Å²) in [4.78, 5) is 10.4. The second kappa shape index (κ2) is 16.6. The first-order chi connectivity index (χ1) is 24.7. The largest absolute Gasteiger partial charge is 0.476 e. The summed E-state index contributed by atoms with van der Waals surface area (Å²) in [5.41, 5.74) is 2.23. The zero-order valence-corrected chi connectivity index (χ0v) is 34.2. The molecule has 282 valence electrons. The standard InChI is InChI=1S/C43H57ClF2N4OS/c1-11-26(5)14-17-36(28(7)12-2)49(10)29(8)32-20-34(44)38(31-15-16-35(45)42-37(31)33(22-47)41(52-42)25(3)4)39(46)40(32)48-30(9)51-24-43-18-13-19-50(43)23-27(6)21-43/h15-16,20,25-28,36H,9,11-14,17-19,21,23-24H2,1-8,10H3/b32-29+,48-40+. The van der Waals surface area contributed by atoms with E-state index in [0.29, 0.717) is 51.1 Å². The Labute approximate surface area is 319 Å². The van der Waals surface area contributed by atoms with Crippen molar-refractivity contribution in [2.45, 2.75) is 118 Å². The van der Waals surface area contributed by atoms with Crippen LogP contribution in [0, 0.1) is 34.9 Å². The molecule has 0 radical (unpaired) electrons. The molecule has 1 aromatic carbocycles. The number of halogens is 3. The van der Waals surface area contributed by atoms with Gasteiger partial charge in [0.25, 0.3) is 0 Å². The van der Waals surface area contributed by atoms with Gasteiger partial charge in [-0.3, -0.25) is 4.90 Å². The maximum absolute atomic E-state index is 17.5. The molecule has 1 aromatic heterocycles. The highest BCUT2D eigenvalue weighted by atomic mass is 35.5. The van der Waals surface area contributed by atoms with Crippen molar-refractivity contribution in [1.29, 1.82) is 5.26 Å². The van der Waals surface area contributed by atoms with E-state index in [0.717, 1.165) is 68.6 Å². The van der Waals surface area contributed by atoms with Gasteiger partial charge >= 0.3 is 0 Å². The van der Waals surface area contributed by atoms with Gasteiger partial charge in [0.05, 0.1) is 20.8 Å². The number of aliphatic imine (C=N–C) groups is 1. The Morgan fingerprint density at radius 1 is 1.21 bits per heavy atom. The first-order valence-electron chi connectivity index (χ1n) is 19.2. The molecule has 2 saturated heterocycles. The number of allylic oxidation sites excluding steroid dienone is 6. The molecular weight excluding hydrogens is 694 g/mol. The van der Waals surface area contributed by atoms with Crippen molar-refractivity contribution >= 4 is 44.3 Å². The Morgan fingerprint density at radius 2 is 1.94 bits per heavy atom. The Bertz CT molecular complexity index is 1850. The summed E-state index contributed by atoms with van der Waals surface area (Å²) in [6.07, 6.45) is 9.25. The van der Waals surface area contributed by atoms with E-state index >= 15 is 8.78 Å². The molecular formula is C43H57ClF2N4OS. The van der Waals surface area contributed by atoms with Crippen LogP contribution < -0.4 is 0 Å². The molecule has 9 heteroatoms. The molecule has 5 rings (SSSR count). The van der Waals surface area contributed by atoms with Gasteiger partial charge in [-0.2, -0.15) is 5.26 Å². The number of ether oxygens (including phenoxy) is 1. The van der Waals surface area contributed by atoms with Crippen LogP contribution in [-0.2, 0) is 4.74 Å². The Balaban J connectivity index is 1.65. The molecule has 0 spiro atoms. The maximum atomic E-state index is 17.5. The van der Waals surface area contributed by atoms with Gasteiger partial charge in [-0.1, -0.05) is 79.0 Å². The summed E-state index contributed by atoms with van der Waals surface area (Å²) >= 11 is 8.33. The normalized spacial score (nSPS) is 24.3. The summed E-state index contributed by atoms with van der Waals surface area (Å²) in [6.45, 7) is 24.0. The van der Waals surface area contributed by atoms with E-state index in [1.165, 1.54) is 23.5 Å². The van der Waals surface area contributed by atoms with E-state index in [1.54, 1.807) is 6.08 Å². The molecule has 0 bridgehead atoms. The van der Waals surface area contributed by atoms with Crippen LogP contribution in [0.15, 0.2) is 57.8 Å². The van der Waals surface area contributed by atoms with Crippen LogP contribution in [0.25, 0.3) is 15.7 Å². The van der Waals surface area contributed by atoms with E-state index in [4.69, 9.17) is 21.3 Å². The number of thiophene rings is 1. The molecule has 5 unspecified atom stereocenters. The molecule has 0 N–H and O–H groups in total. The second-order valence-corrected chi connectivity index (χ2v) is 17.4. The van der Waals surface area contributed by atoms with E-state index in [2.05, 4.69) is 64.1 Å². The Hall–Kier alpha value is -2.99. The van der Waals surface area contributed by atoms with E-state index in [1.807, 2.05) is 20.8 Å². The van der Waals surface area contributed by atoms with Crippen LogP contribution >= 0.6 is 22.9 Å². The summed E-state index contributed by atoms with van der Waals surface area (Å²) < 4.78 is 39.5. The van der Waals surface area contributed by atoms with Gasteiger partial charge in [0.2, 0.25) is 5.88 Å². The second-order valence-electron chi connectivity index (χ2n) is 16.0. The van der Waals surface area contributed by atoms with Gasteiger partial charge in [0.15, 0.2) is 5.83 Å². The van der Waals surface area contributed by atoms with Gasteiger partial charge in [0, 0.05) is 46.7 Å². The zero-order valence-electron chi connectivity index (χ0n) is 32.6. The van der Waals surface area contributed by atoms with Crippen LogP contribution in [0.3, 0.4) is 0 Å². The first-order valence-corrected chi connectivity index (χ1v) is 20.4. The highest BCUT2D eigenvalue weighted by Gasteiger charge is 2.47. The van der Waals surface area contributed by atoms with Crippen molar-refractivity contribution < 1.29 is 13.5 Å². The minimum atomic E-state index is -0.649. The molecule has 5 nitrogen and oxygen atoms in total. The predicted molar refractivity (Wildman–Crippen MR) is 215 cm³/mol. The SMILES string of the molecule is C=C(/N=C1/C(F)=C(c2ccc(F)c3sc(C(C)C)c(C#N)c23)C(Cl)=C/C1=C(/C)N(C)C(CCC(C)CC)C(C)CC)OCC12CCCN1CC(C)C2. The molecule has 2 aromatic rings. The topological polar surface area (TPSA) is 51.9 Å². The lowest BCUT2D eigenvalue weighted by atomic mass is 9.87. The fourth-order valence-electron chi connectivity index (χ4n) is 8.58. The summed E-state index contributed by atoms with van der Waals surface area (Å²) in [7, 11) is 2.08. The summed E-state index contributed by atoms with van der Waals surface area (Å²) in [6, 6.07) is 5.37. The minimum Gasteiger partial charge on any atom is -0.476 e. The third kappa shape index (κ3) is 7.79. The lowest BCUT2D eigenvalue weighted by Crippen LogP contribution is -2.42. The smallest absolute Gasteiger partial charge is 0.206 e. The van der Waals surface area contributed by atoms with Crippen molar-refractivity contribution in [3.05, 3.63) is 74.6 Å². The zero-order chi connectivity index (χ0) is 38.1. The fourth-order valence-corrected chi connectivity index (χ4v) is 10.1. The molecule has 0 saturated carbocycles. The fraction of sp³-hybridized carbons (Fsp3) is 0.581. The van der Waals surface area contributed by atoms with Gasteiger partial charge in [0.1, 0.15) is 24.2 Å². The van der Waals surface area contributed by atoms with Crippen LogP contribution in [0.4, 0.5) is 8.78 Å². The van der Waals surface area contributed by atoms with Crippen LogP contribution in [-0.4, -0.2) is 53.8 Å². The molecule has 1 aliphatic carbocycles. The van der Waals surface area contributed by atoms with Gasteiger partial charge in [-0.05, 0) is 93.5 Å². The third-order valence-corrected chi connectivity index (χ3v) is 13.8. The van der Waals surface area contributed by atoms with Crippen molar-refractivity contribution in [1.82, 2.24) is 9.80 Å². The Kier molecular flexibility index (Phi) is 12.8. The maximum Gasteiger partial charge on any atom is 0.206 e. The quantitative estimate of drug-likeness (QED) is 0.180. The minimum absolute atomic E-state index is 0.0160. The lowest BCUT2D eigenvalue weighted by molar-refractivity contribution is 0.0727. The van der Waals surface area contributed by atoms with Crippen molar-refractivity contribution in [3.63, 3.8) is 0 Å². The average molecular weight is 751 g/mol. The van der Waals surface area contributed by atoms with E-state index in [9.17, 15) is 5.26 Å². The van der Waals surface area contributed by atoms with Gasteiger partial charge in [-0.25, -0.2) is 13.8 Å². The third-order valence-electron chi connectivity index (χ3n) is 12.0. The van der Waals surface area contributed by atoms with Crippen LogP contribution in [0.1, 0.15) is 122 Å². The monoisotopic (exact) mass is 750 g/mol. The lowest BCUT2D eigenvalue weighted by Gasteiger charge is -2.37.